The molecular formula is C14H19NO. The molecule has 0 saturated carbocycles. The Hall–Kier alpha value is -1.44. The van der Waals surface area contributed by atoms with Gasteiger partial charge in [-0.1, -0.05) is 39.0 Å². The van der Waals surface area contributed by atoms with Crippen molar-refractivity contribution in [1.82, 2.24) is 0 Å². The van der Waals surface area contributed by atoms with E-state index in [0.29, 0.717) is 6.42 Å². The Labute approximate surface area is 97.4 Å². The maximum atomic E-state index is 11.6. The highest BCUT2D eigenvalue weighted by atomic mass is 16.1. The van der Waals surface area contributed by atoms with E-state index >= 15 is 0 Å². The van der Waals surface area contributed by atoms with Gasteiger partial charge in [0, 0.05) is 18.1 Å². The standard InChI is InChI=1S/C14H19NO/c1-11-7-5-6-8-12(11)15-10-9-13(16)14(2,3)4/h5-8,10H,9H2,1-4H3. The van der Waals surface area contributed by atoms with Gasteiger partial charge in [0.15, 0.2) is 0 Å². The molecule has 2 heteroatoms. The zero-order chi connectivity index (χ0) is 12.2. The summed E-state index contributed by atoms with van der Waals surface area (Å²) in [6.07, 6.45) is 2.10. The minimum atomic E-state index is -0.280. The summed E-state index contributed by atoms with van der Waals surface area (Å²) in [6, 6.07) is 7.89. The third-order valence-corrected chi connectivity index (χ3v) is 2.46. The van der Waals surface area contributed by atoms with Crippen LogP contribution in [0.4, 0.5) is 5.69 Å². The van der Waals surface area contributed by atoms with Crippen molar-refractivity contribution < 1.29 is 4.79 Å². The lowest BCUT2D eigenvalue weighted by molar-refractivity contribution is -0.124. The molecule has 16 heavy (non-hydrogen) atoms. The maximum Gasteiger partial charge on any atom is 0.143 e. The van der Waals surface area contributed by atoms with E-state index < -0.39 is 0 Å². The quantitative estimate of drug-likeness (QED) is 0.710. The van der Waals surface area contributed by atoms with Gasteiger partial charge in [0.2, 0.25) is 0 Å². The van der Waals surface area contributed by atoms with Gasteiger partial charge in [-0.25, -0.2) is 0 Å². The van der Waals surface area contributed by atoms with Crippen LogP contribution in [-0.4, -0.2) is 12.0 Å². The second-order valence-corrected chi connectivity index (χ2v) is 4.98. The van der Waals surface area contributed by atoms with Crippen LogP contribution in [0.15, 0.2) is 29.3 Å². The van der Waals surface area contributed by atoms with E-state index in [-0.39, 0.29) is 11.2 Å². The van der Waals surface area contributed by atoms with Gasteiger partial charge < -0.3 is 0 Å². The lowest BCUT2D eigenvalue weighted by Gasteiger charge is -2.14. The van der Waals surface area contributed by atoms with E-state index in [2.05, 4.69) is 4.99 Å². The average molecular weight is 217 g/mol. The highest BCUT2D eigenvalue weighted by Crippen LogP contribution is 2.18. The number of rotatable bonds is 3. The van der Waals surface area contributed by atoms with Gasteiger partial charge in [0.05, 0.1) is 5.69 Å². The first-order valence-corrected chi connectivity index (χ1v) is 5.53. The molecule has 1 aromatic rings. The number of aryl methyl sites for hydroxylation is 1. The van der Waals surface area contributed by atoms with Gasteiger partial charge >= 0.3 is 0 Å². The lowest BCUT2D eigenvalue weighted by Crippen LogP contribution is -2.19. The number of Topliss-reactive ketones (excluding diaryl/α,β-unsaturated/α-hetero) is 1. The molecule has 0 atom stereocenters. The Bertz CT molecular complexity index is 399. The van der Waals surface area contributed by atoms with Crippen LogP contribution >= 0.6 is 0 Å². The van der Waals surface area contributed by atoms with Gasteiger partial charge in [-0.3, -0.25) is 9.79 Å². The molecule has 0 aromatic heterocycles. The average Bonchev–Trinajstić information content (AvgIpc) is 2.19. The number of para-hydroxylation sites is 1. The molecule has 2 nitrogen and oxygen atoms in total. The minimum Gasteiger partial charge on any atom is -0.299 e. The van der Waals surface area contributed by atoms with Crippen molar-refractivity contribution in [2.75, 3.05) is 0 Å². The number of carbonyl (C=O) groups is 1. The molecule has 0 aliphatic carbocycles. The summed E-state index contributed by atoms with van der Waals surface area (Å²) >= 11 is 0. The van der Waals surface area contributed by atoms with Gasteiger partial charge in [0.1, 0.15) is 5.78 Å². The van der Waals surface area contributed by atoms with Crippen molar-refractivity contribution in [1.29, 1.82) is 0 Å². The van der Waals surface area contributed by atoms with Crippen LogP contribution < -0.4 is 0 Å². The maximum absolute atomic E-state index is 11.6. The number of ketones is 1. The predicted octanol–water partition coefficient (Wildman–Crippen LogP) is 3.70. The third-order valence-electron chi connectivity index (χ3n) is 2.46. The molecule has 0 heterocycles. The molecular weight excluding hydrogens is 198 g/mol. The lowest BCUT2D eigenvalue weighted by atomic mass is 9.89. The van der Waals surface area contributed by atoms with Crippen molar-refractivity contribution in [3.8, 4) is 0 Å². The summed E-state index contributed by atoms with van der Waals surface area (Å²) in [6.45, 7) is 7.79. The van der Waals surface area contributed by atoms with E-state index in [9.17, 15) is 4.79 Å². The normalized spacial score (nSPS) is 12.0. The van der Waals surface area contributed by atoms with Gasteiger partial charge in [-0.15, -0.1) is 0 Å². The van der Waals surface area contributed by atoms with Crippen molar-refractivity contribution in [3.63, 3.8) is 0 Å². The molecule has 0 amide bonds. The number of hydrogen-bond donors (Lipinski definition) is 0. The molecule has 0 aliphatic heterocycles. The van der Waals surface area contributed by atoms with Gasteiger partial charge in [-0.05, 0) is 18.6 Å². The highest BCUT2D eigenvalue weighted by molar-refractivity contribution is 5.95. The second kappa shape index (κ2) is 5.06. The van der Waals surface area contributed by atoms with E-state index in [0.717, 1.165) is 11.3 Å². The molecule has 0 unspecified atom stereocenters. The van der Waals surface area contributed by atoms with E-state index in [4.69, 9.17) is 0 Å². The highest BCUT2D eigenvalue weighted by Gasteiger charge is 2.19. The number of nitrogens with zero attached hydrogens (tertiary/aromatic N) is 1. The van der Waals surface area contributed by atoms with Crippen LogP contribution in [0.2, 0.25) is 0 Å². The Morgan fingerprint density at radius 3 is 2.50 bits per heavy atom. The van der Waals surface area contributed by atoms with Crippen LogP contribution in [-0.2, 0) is 4.79 Å². The fraction of sp³-hybridized carbons (Fsp3) is 0.429. The molecule has 0 N–H and O–H groups in total. The molecule has 0 aliphatic rings. The summed E-state index contributed by atoms with van der Waals surface area (Å²) in [5.74, 6) is 0.213. The van der Waals surface area contributed by atoms with Crippen LogP contribution in [0.1, 0.15) is 32.8 Å². The summed E-state index contributed by atoms with van der Waals surface area (Å²) in [4.78, 5) is 16.0. The molecule has 0 saturated heterocycles. The Morgan fingerprint density at radius 2 is 1.94 bits per heavy atom. The topological polar surface area (TPSA) is 29.4 Å². The van der Waals surface area contributed by atoms with Crippen molar-refractivity contribution in [3.05, 3.63) is 29.8 Å². The van der Waals surface area contributed by atoms with Crippen LogP contribution in [0, 0.1) is 12.3 Å². The van der Waals surface area contributed by atoms with Crippen LogP contribution in [0.3, 0.4) is 0 Å². The summed E-state index contributed by atoms with van der Waals surface area (Å²) in [5, 5.41) is 0. The largest absolute Gasteiger partial charge is 0.299 e. The summed E-state index contributed by atoms with van der Waals surface area (Å²) in [5.41, 5.74) is 1.78. The van der Waals surface area contributed by atoms with Crippen LogP contribution in [0.5, 0.6) is 0 Å². The Morgan fingerprint density at radius 1 is 1.31 bits per heavy atom. The van der Waals surface area contributed by atoms with E-state index in [1.54, 1.807) is 6.21 Å². The molecule has 0 fully saturated rings. The fourth-order valence-corrected chi connectivity index (χ4v) is 1.24. The first kappa shape index (κ1) is 12.6. The zero-order valence-corrected chi connectivity index (χ0v) is 10.4. The Balaban J connectivity index is 2.63. The molecule has 0 spiro atoms. The number of carbonyl (C=O) groups excluding carboxylic acids is 1. The van der Waals surface area contributed by atoms with Crippen molar-refractivity contribution >= 4 is 17.7 Å². The smallest absolute Gasteiger partial charge is 0.143 e. The number of benzene rings is 1. The summed E-state index contributed by atoms with van der Waals surface area (Å²) < 4.78 is 0. The second-order valence-electron chi connectivity index (χ2n) is 4.98. The van der Waals surface area contributed by atoms with Gasteiger partial charge in [-0.2, -0.15) is 0 Å². The number of aliphatic imine (C=N–C) groups is 1. The Kier molecular flexibility index (Phi) is 3.99. The zero-order valence-electron chi connectivity index (χ0n) is 10.4. The van der Waals surface area contributed by atoms with Gasteiger partial charge in [0.25, 0.3) is 0 Å². The van der Waals surface area contributed by atoms with Crippen molar-refractivity contribution in [2.24, 2.45) is 10.4 Å². The molecule has 86 valence electrons. The van der Waals surface area contributed by atoms with Crippen LogP contribution in [0.25, 0.3) is 0 Å². The monoisotopic (exact) mass is 217 g/mol. The predicted molar refractivity (Wildman–Crippen MR) is 68.4 cm³/mol. The molecule has 0 bridgehead atoms. The fourth-order valence-electron chi connectivity index (χ4n) is 1.24. The first-order chi connectivity index (χ1) is 7.41. The SMILES string of the molecule is Cc1ccccc1N=CCC(=O)C(C)(C)C. The number of hydrogen-bond acceptors (Lipinski definition) is 2. The summed E-state index contributed by atoms with van der Waals surface area (Å²) in [7, 11) is 0. The third kappa shape index (κ3) is 3.61. The molecule has 1 rings (SSSR count). The first-order valence-electron chi connectivity index (χ1n) is 5.53. The van der Waals surface area contributed by atoms with Crippen molar-refractivity contribution in [2.45, 2.75) is 34.1 Å². The van der Waals surface area contributed by atoms with E-state index in [1.807, 2.05) is 52.0 Å². The molecule has 0 radical (unpaired) electrons. The molecule has 1 aromatic carbocycles. The van der Waals surface area contributed by atoms with E-state index in [1.165, 1.54) is 0 Å². The minimum absolute atomic E-state index is 0.213.